The molecule has 2 aromatic rings. The number of nitrogens with zero attached hydrogens (tertiary/aromatic N) is 2. The highest BCUT2D eigenvalue weighted by Crippen LogP contribution is 2.36. The molecule has 0 bridgehead atoms. The van der Waals surface area contributed by atoms with Gasteiger partial charge in [-0.2, -0.15) is 5.10 Å². The summed E-state index contributed by atoms with van der Waals surface area (Å²) in [5.74, 6) is -0.372. The lowest BCUT2D eigenvalue weighted by molar-refractivity contribution is 0.00963. The number of carbonyl (C=O) groups excluding carboxylic acids is 2. The van der Waals surface area contributed by atoms with Crippen LogP contribution < -0.4 is 0 Å². The molecule has 1 amide bonds. The molecular weight excluding hydrogens is 346 g/mol. The predicted octanol–water partition coefficient (Wildman–Crippen LogP) is 4.20. The SMILES string of the molecule is CCOC(=O)c1ccc(C2CCCCN2C(=O)OC(C)(C)C)c2[nH]ncc12. The van der Waals surface area contributed by atoms with Crippen LogP contribution >= 0.6 is 0 Å². The fourth-order valence-corrected chi connectivity index (χ4v) is 3.52. The van der Waals surface area contributed by atoms with E-state index in [2.05, 4.69) is 10.2 Å². The molecule has 1 aromatic heterocycles. The normalized spacial score (nSPS) is 17.8. The minimum absolute atomic E-state index is 0.118. The van der Waals surface area contributed by atoms with Crippen molar-refractivity contribution >= 4 is 23.0 Å². The summed E-state index contributed by atoms with van der Waals surface area (Å²) in [6.07, 6.45) is 4.13. The number of likely N-dealkylation sites (tertiary alicyclic amines) is 1. The zero-order valence-corrected chi connectivity index (χ0v) is 16.4. The van der Waals surface area contributed by atoms with Crippen LogP contribution in [-0.2, 0) is 9.47 Å². The Morgan fingerprint density at radius 2 is 2.07 bits per heavy atom. The number of piperidine rings is 1. The highest BCUT2D eigenvalue weighted by atomic mass is 16.6. The molecule has 1 aliphatic heterocycles. The minimum atomic E-state index is -0.545. The van der Waals surface area contributed by atoms with Gasteiger partial charge in [-0.05, 0) is 53.0 Å². The summed E-state index contributed by atoms with van der Waals surface area (Å²) in [6, 6.07) is 3.53. The fourth-order valence-electron chi connectivity index (χ4n) is 3.52. The quantitative estimate of drug-likeness (QED) is 0.815. The molecule has 3 rings (SSSR count). The van der Waals surface area contributed by atoms with Crippen molar-refractivity contribution in [2.75, 3.05) is 13.2 Å². The van der Waals surface area contributed by atoms with Gasteiger partial charge in [-0.1, -0.05) is 6.07 Å². The maximum absolute atomic E-state index is 12.7. The second-order valence-electron chi connectivity index (χ2n) is 7.77. The second-order valence-corrected chi connectivity index (χ2v) is 7.77. The molecule has 0 aliphatic carbocycles. The first-order valence-corrected chi connectivity index (χ1v) is 9.44. The van der Waals surface area contributed by atoms with Crippen LogP contribution in [0.5, 0.6) is 0 Å². The van der Waals surface area contributed by atoms with E-state index in [0.717, 1.165) is 30.3 Å². The van der Waals surface area contributed by atoms with Crippen molar-refractivity contribution in [1.29, 1.82) is 0 Å². The van der Waals surface area contributed by atoms with Gasteiger partial charge >= 0.3 is 12.1 Å². The molecule has 0 radical (unpaired) electrons. The lowest BCUT2D eigenvalue weighted by atomic mass is 9.93. The van der Waals surface area contributed by atoms with Crippen LogP contribution in [-0.4, -0.2) is 45.9 Å². The van der Waals surface area contributed by atoms with Crippen molar-refractivity contribution in [1.82, 2.24) is 15.1 Å². The average Bonchev–Trinajstić information content (AvgIpc) is 3.09. The predicted molar refractivity (Wildman–Crippen MR) is 102 cm³/mol. The van der Waals surface area contributed by atoms with Crippen molar-refractivity contribution in [3.63, 3.8) is 0 Å². The Morgan fingerprint density at radius 1 is 1.30 bits per heavy atom. The standard InChI is InChI=1S/C20H27N3O4/c1-5-26-18(24)13-9-10-14(17-15(13)12-21-22-17)16-8-6-7-11-23(16)19(25)27-20(2,3)4/h9-10,12,16H,5-8,11H2,1-4H3,(H,21,22). The van der Waals surface area contributed by atoms with E-state index in [1.807, 2.05) is 26.8 Å². The molecule has 0 saturated carbocycles. The van der Waals surface area contributed by atoms with E-state index >= 15 is 0 Å². The first kappa shape index (κ1) is 19.2. The van der Waals surface area contributed by atoms with E-state index in [0.29, 0.717) is 24.1 Å². The number of carbonyl (C=O) groups is 2. The smallest absolute Gasteiger partial charge is 0.410 e. The summed E-state index contributed by atoms with van der Waals surface area (Å²) >= 11 is 0. The van der Waals surface area contributed by atoms with Crippen molar-refractivity contribution in [2.24, 2.45) is 0 Å². The number of hydrogen-bond donors (Lipinski definition) is 1. The monoisotopic (exact) mass is 373 g/mol. The third-order valence-corrected chi connectivity index (χ3v) is 4.63. The maximum Gasteiger partial charge on any atom is 0.410 e. The maximum atomic E-state index is 12.7. The van der Waals surface area contributed by atoms with E-state index < -0.39 is 5.60 Å². The number of aromatic nitrogens is 2. The van der Waals surface area contributed by atoms with Crippen molar-refractivity contribution in [2.45, 2.75) is 58.6 Å². The number of esters is 1. The molecule has 1 aliphatic rings. The lowest BCUT2D eigenvalue weighted by Gasteiger charge is -2.37. The van der Waals surface area contributed by atoms with Crippen LogP contribution in [0.4, 0.5) is 4.79 Å². The molecule has 1 saturated heterocycles. The Labute approximate surface area is 159 Å². The van der Waals surface area contributed by atoms with Crippen LogP contribution in [0.25, 0.3) is 10.9 Å². The van der Waals surface area contributed by atoms with Gasteiger partial charge in [0.05, 0.1) is 29.9 Å². The number of hydrogen-bond acceptors (Lipinski definition) is 5. The van der Waals surface area contributed by atoms with Gasteiger partial charge in [-0.3, -0.25) is 5.10 Å². The molecule has 1 fully saturated rings. The van der Waals surface area contributed by atoms with E-state index in [-0.39, 0.29) is 18.1 Å². The number of H-pyrrole nitrogens is 1. The number of benzene rings is 1. The van der Waals surface area contributed by atoms with Gasteiger partial charge in [-0.15, -0.1) is 0 Å². The Hall–Kier alpha value is -2.57. The van der Waals surface area contributed by atoms with Gasteiger partial charge in [0.1, 0.15) is 5.60 Å². The molecule has 7 nitrogen and oxygen atoms in total. The van der Waals surface area contributed by atoms with Gasteiger partial charge in [0.2, 0.25) is 0 Å². The second kappa shape index (κ2) is 7.58. The number of fused-ring (bicyclic) bond motifs is 1. The van der Waals surface area contributed by atoms with Crippen LogP contribution in [0.15, 0.2) is 18.3 Å². The van der Waals surface area contributed by atoms with Gasteiger partial charge in [0.15, 0.2) is 0 Å². The Balaban J connectivity index is 1.97. The zero-order chi connectivity index (χ0) is 19.6. The molecule has 1 atom stereocenters. The van der Waals surface area contributed by atoms with Crippen LogP contribution in [0.2, 0.25) is 0 Å². The molecule has 0 spiro atoms. The van der Waals surface area contributed by atoms with Gasteiger partial charge < -0.3 is 14.4 Å². The van der Waals surface area contributed by atoms with Crippen molar-refractivity contribution in [3.8, 4) is 0 Å². The minimum Gasteiger partial charge on any atom is -0.462 e. The molecule has 1 N–H and O–H groups in total. The molecule has 1 unspecified atom stereocenters. The van der Waals surface area contributed by atoms with Crippen LogP contribution in [0, 0.1) is 0 Å². The average molecular weight is 373 g/mol. The van der Waals surface area contributed by atoms with E-state index in [1.54, 1.807) is 24.1 Å². The molecule has 7 heteroatoms. The highest BCUT2D eigenvalue weighted by molar-refractivity contribution is 6.04. The number of amides is 1. The zero-order valence-electron chi connectivity index (χ0n) is 16.4. The summed E-state index contributed by atoms with van der Waals surface area (Å²) in [6.45, 7) is 8.34. The lowest BCUT2D eigenvalue weighted by Crippen LogP contribution is -2.42. The number of nitrogens with one attached hydrogen (secondary N) is 1. The van der Waals surface area contributed by atoms with E-state index in [1.165, 1.54) is 0 Å². The third kappa shape index (κ3) is 4.07. The largest absolute Gasteiger partial charge is 0.462 e. The van der Waals surface area contributed by atoms with Crippen molar-refractivity contribution < 1.29 is 19.1 Å². The first-order valence-electron chi connectivity index (χ1n) is 9.44. The molecule has 2 heterocycles. The number of rotatable bonds is 3. The third-order valence-electron chi connectivity index (χ3n) is 4.63. The molecule has 1 aromatic carbocycles. The number of ether oxygens (including phenoxy) is 2. The summed E-state index contributed by atoms with van der Waals surface area (Å²) in [5.41, 5.74) is 1.64. The molecule has 146 valence electrons. The summed E-state index contributed by atoms with van der Waals surface area (Å²) in [5, 5.41) is 7.82. The fraction of sp³-hybridized carbons (Fsp3) is 0.550. The van der Waals surface area contributed by atoms with Crippen LogP contribution in [0.1, 0.15) is 68.9 Å². The summed E-state index contributed by atoms with van der Waals surface area (Å²) in [4.78, 5) is 26.7. The first-order chi connectivity index (χ1) is 12.8. The Morgan fingerprint density at radius 3 is 2.78 bits per heavy atom. The Kier molecular flexibility index (Phi) is 5.39. The number of aromatic amines is 1. The van der Waals surface area contributed by atoms with Gasteiger partial charge in [-0.25, -0.2) is 9.59 Å². The Bertz CT molecular complexity index is 837. The molecular formula is C20H27N3O4. The highest BCUT2D eigenvalue weighted by Gasteiger charge is 2.33. The van der Waals surface area contributed by atoms with Crippen molar-refractivity contribution in [3.05, 3.63) is 29.5 Å². The summed E-state index contributed by atoms with van der Waals surface area (Å²) < 4.78 is 10.7. The van der Waals surface area contributed by atoms with Gasteiger partial charge in [0, 0.05) is 17.5 Å². The van der Waals surface area contributed by atoms with E-state index in [9.17, 15) is 9.59 Å². The summed E-state index contributed by atoms with van der Waals surface area (Å²) in [7, 11) is 0. The van der Waals surface area contributed by atoms with Crippen LogP contribution in [0.3, 0.4) is 0 Å². The van der Waals surface area contributed by atoms with Gasteiger partial charge in [0.25, 0.3) is 0 Å². The topological polar surface area (TPSA) is 84.5 Å². The molecule has 27 heavy (non-hydrogen) atoms. The van der Waals surface area contributed by atoms with E-state index in [4.69, 9.17) is 9.47 Å².